The second-order valence-electron chi connectivity index (χ2n) is 8.00. The molecule has 0 aliphatic carbocycles. The molecule has 6 nitrogen and oxygen atoms in total. The Morgan fingerprint density at radius 2 is 2.04 bits per heavy atom. The third kappa shape index (κ3) is 2.39. The van der Waals surface area contributed by atoms with Gasteiger partial charge < -0.3 is 9.67 Å². The van der Waals surface area contributed by atoms with Crippen LogP contribution >= 0.6 is 0 Å². The van der Waals surface area contributed by atoms with Crippen LogP contribution in [0.3, 0.4) is 0 Å². The number of nitrogens with zero attached hydrogens (tertiary/aromatic N) is 4. The van der Waals surface area contributed by atoms with Crippen LogP contribution in [0.4, 0.5) is 0 Å². The van der Waals surface area contributed by atoms with E-state index >= 15 is 0 Å². The molecule has 0 amide bonds. The van der Waals surface area contributed by atoms with Crippen molar-refractivity contribution in [3.63, 3.8) is 0 Å². The van der Waals surface area contributed by atoms with Crippen molar-refractivity contribution >= 4 is 17.0 Å². The van der Waals surface area contributed by atoms with Gasteiger partial charge in [0.15, 0.2) is 0 Å². The molecule has 1 N–H and O–H groups in total. The number of rotatable bonds is 6. The van der Waals surface area contributed by atoms with Crippen molar-refractivity contribution in [3.05, 3.63) is 30.1 Å². The first kappa shape index (κ1) is 16.3. The monoisotopic (exact) mass is 354 g/mol. The maximum Gasteiger partial charge on any atom is 0.304 e. The molecule has 6 heteroatoms. The third-order valence-electron chi connectivity index (χ3n) is 6.73. The Kier molecular flexibility index (Phi) is 3.79. The number of aromatic nitrogens is 2. The topological polar surface area (TPSA) is 61.6 Å². The number of benzene rings is 1. The lowest BCUT2D eigenvalue weighted by Crippen LogP contribution is -2.70. The van der Waals surface area contributed by atoms with Crippen LogP contribution in [0, 0.1) is 0 Å². The highest BCUT2D eigenvalue weighted by Gasteiger charge is 2.54. The Labute approximate surface area is 153 Å². The molecule has 0 bridgehead atoms. The summed E-state index contributed by atoms with van der Waals surface area (Å²) in [6.45, 7) is 4.05. The van der Waals surface area contributed by atoms with Crippen LogP contribution in [0.1, 0.15) is 37.9 Å². The van der Waals surface area contributed by atoms with Gasteiger partial charge in [-0.25, -0.2) is 4.98 Å². The number of carbonyl (C=O) groups is 1. The van der Waals surface area contributed by atoms with E-state index in [-0.39, 0.29) is 12.1 Å². The number of hydrogen-bond acceptors (Lipinski definition) is 4. The number of piperidine rings is 1. The van der Waals surface area contributed by atoms with E-state index in [1.807, 2.05) is 0 Å². The lowest BCUT2D eigenvalue weighted by Gasteiger charge is -2.62. The Bertz CT molecular complexity index is 837. The summed E-state index contributed by atoms with van der Waals surface area (Å²) in [6.07, 6.45) is 5.87. The molecule has 1 aromatic heterocycles. The summed E-state index contributed by atoms with van der Waals surface area (Å²) in [5.74, 6) is 0.476. The van der Waals surface area contributed by atoms with Gasteiger partial charge in [0, 0.05) is 32.1 Å². The largest absolute Gasteiger partial charge is 0.481 e. The van der Waals surface area contributed by atoms with Crippen molar-refractivity contribution in [2.24, 2.45) is 0 Å². The van der Waals surface area contributed by atoms with Gasteiger partial charge in [-0.15, -0.1) is 0 Å². The van der Waals surface area contributed by atoms with Gasteiger partial charge in [-0.05, 0) is 44.4 Å². The van der Waals surface area contributed by atoms with Crippen LogP contribution in [0.25, 0.3) is 11.0 Å². The highest BCUT2D eigenvalue weighted by Crippen LogP contribution is 2.49. The first-order valence-electron chi connectivity index (χ1n) is 9.85. The molecule has 26 heavy (non-hydrogen) atoms. The van der Waals surface area contributed by atoms with Gasteiger partial charge in [-0.3, -0.25) is 14.6 Å². The van der Waals surface area contributed by atoms with Gasteiger partial charge in [0.25, 0.3) is 0 Å². The van der Waals surface area contributed by atoms with Gasteiger partial charge >= 0.3 is 5.97 Å². The standard InChI is InChI=1S/C20H26N4O2/c25-19(26)7-11-22-10-3-4-15(22)14-18-21-16-5-1-2-6-17(16)24(18)20-8-12-23(20)13-9-20/h1-2,5-6,15H,3-4,7-14H2,(H,25,26)/t15-/m0/s1. The fourth-order valence-corrected chi connectivity index (χ4v) is 5.21. The number of carboxylic acids is 1. The normalized spacial score (nSPS) is 25.0. The van der Waals surface area contributed by atoms with Crippen LogP contribution in [-0.4, -0.2) is 62.6 Å². The Morgan fingerprint density at radius 1 is 1.23 bits per heavy atom. The highest BCUT2D eigenvalue weighted by atomic mass is 16.4. The zero-order chi connectivity index (χ0) is 17.7. The van der Waals surface area contributed by atoms with E-state index in [1.54, 1.807) is 0 Å². The van der Waals surface area contributed by atoms with Gasteiger partial charge in [0.2, 0.25) is 0 Å². The molecule has 3 aliphatic heterocycles. The first-order valence-corrected chi connectivity index (χ1v) is 9.85. The van der Waals surface area contributed by atoms with Crippen LogP contribution in [-0.2, 0) is 16.9 Å². The molecule has 3 aliphatic rings. The molecule has 3 saturated heterocycles. The molecule has 1 atom stereocenters. The molecular weight excluding hydrogens is 328 g/mol. The van der Waals surface area contributed by atoms with E-state index in [4.69, 9.17) is 10.1 Å². The number of imidazole rings is 1. The maximum atomic E-state index is 11.0. The van der Waals surface area contributed by atoms with Crippen molar-refractivity contribution in [3.8, 4) is 0 Å². The van der Waals surface area contributed by atoms with Crippen molar-refractivity contribution < 1.29 is 9.90 Å². The van der Waals surface area contributed by atoms with E-state index < -0.39 is 5.97 Å². The summed E-state index contributed by atoms with van der Waals surface area (Å²) in [5, 5.41) is 9.02. The number of hydrogen-bond donors (Lipinski definition) is 1. The van der Waals surface area contributed by atoms with Crippen LogP contribution < -0.4 is 0 Å². The summed E-state index contributed by atoms with van der Waals surface area (Å²) in [6, 6.07) is 8.90. The molecular formula is C20H26N4O2. The van der Waals surface area contributed by atoms with E-state index in [0.717, 1.165) is 31.3 Å². The number of fused-ring (bicyclic) bond motifs is 2. The summed E-state index contributed by atoms with van der Waals surface area (Å²) in [5.41, 5.74) is 2.50. The maximum absolute atomic E-state index is 11.0. The van der Waals surface area contributed by atoms with Crippen LogP contribution in [0.2, 0.25) is 0 Å². The van der Waals surface area contributed by atoms with Gasteiger partial charge in [-0.2, -0.15) is 0 Å². The molecule has 2 aromatic rings. The number of aliphatic carboxylic acids is 1. The zero-order valence-electron chi connectivity index (χ0n) is 15.1. The summed E-state index contributed by atoms with van der Waals surface area (Å²) in [7, 11) is 0. The molecule has 4 heterocycles. The number of para-hydroxylation sites is 2. The van der Waals surface area contributed by atoms with Gasteiger partial charge in [-0.1, -0.05) is 12.1 Å². The Hall–Kier alpha value is -1.92. The van der Waals surface area contributed by atoms with Crippen molar-refractivity contribution in [2.45, 2.75) is 50.2 Å². The highest BCUT2D eigenvalue weighted by molar-refractivity contribution is 5.76. The Balaban J connectivity index is 1.46. The van der Waals surface area contributed by atoms with Gasteiger partial charge in [0.05, 0.1) is 17.5 Å². The smallest absolute Gasteiger partial charge is 0.304 e. The molecule has 0 unspecified atom stereocenters. The fourth-order valence-electron chi connectivity index (χ4n) is 5.21. The summed E-state index contributed by atoms with van der Waals surface area (Å²) in [4.78, 5) is 20.9. The quantitative estimate of drug-likeness (QED) is 0.862. The second-order valence-corrected chi connectivity index (χ2v) is 8.00. The molecule has 5 rings (SSSR count). The predicted octanol–water partition coefficient (Wildman–Crippen LogP) is 2.28. The molecule has 1 aromatic carbocycles. The minimum atomic E-state index is -0.707. The molecule has 0 saturated carbocycles. The average molecular weight is 354 g/mol. The lowest BCUT2D eigenvalue weighted by molar-refractivity contribution is -0.164. The summed E-state index contributed by atoms with van der Waals surface area (Å²) < 4.78 is 2.52. The van der Waals surface area contributed by atoms with E-state index in [2.05, 4.69) is 38.6 Å². The third-order valence-corrected chi connectivity index (χ3v) is 6.73. The van der Waals surface area contributed by atoms with Crippen LogP contribution in [0.5, 0.6) is 0 Å². The predicted molar refractivity (Wildman–Crippen MR) is 99.1 cm³/mol. The molecule has 3 fully saturated rings. The van der Waals surface area contributed by atoms with Crippen molar-refractivity contribution in [1.82, 2.24) is 19.4 Å². The zero-order valence-corrected chi connectivity index (χ0v) is 15.1. The Morgan fingerprint density at radius 3 is 2.73 bits per heavy atom. The van der Waals surface area contributed by atoms with Crippen molar-refractivity contribution in [1.29, 1.82) is 0 Å². The lowest BCUT2D eigenvalue weighted by atomic mass is 9.81. The van der Waals surface area contributed by atoms with Gasteiger partial charge in [0.1, 0.15) is 11.5 Å². The van der Waals surface area contributed by atoms with Crippen LogP contribution in [0.15, 0.2) is 24.3 Å². The molecule has 0 radical (unpaired) electrons. The SMILES string of the molecule is O=C(O)CCN1CCC[C@H]1Cc1nc2ccccc2n1C12CCN1CC2. The minimum Gasteiger partial charge on any atom is -0.481 e. The summed E-state index contributed by atoms with van der Waals surface area (Å²) >= 11 is 0. The van der Waals surface area contributed by atoms with E-state index in [0.29, 0.717) is 12.6 Å². The second kappa shape index (κ2) is 6.06. The fraction of sp³-hybridized carbons (Fsp3) is 0.600. The number of carboxylic acid groups (broad SMARTS) is 1. The number of likely N-dealkylation sites (tertiary alicyclic amines) is 1. The van der Waals surface area contributed by atoms with E-state index in [1.165, 1.54) is 37.3 Å². The average Bonchev–Trinajstić information content (AvgIpc) is 3.21. The van der Waals surface area contributed by atoms with E-state index in [9.17, 15) is 4.79 Å². The first-order chi connectivity index (χ1) is 12.7. The minimum absolute atomic E-state index is 0.163. The molecule has 138 valence electrons. The van der Waals surface area contributed by atoms with Crippen molar-refractivity contribution in [2.75, 3.05) is 26.2 Å². The molecule has 0 spiro atoms.